The Labute approximate surface area is 141 Å². The predicted octanol–water partition coefficient (Wildman–Crippen LogP) is 3.61. The van der Waals surface area contributed by atoms with Crippen LogP contribution in [0, 0.1) is 5.92 Å². The van der Waals surface area contributed by atoms with Gasteiger partial charge in [-0.1, -0.05) is 30.7 Å². The van der Waals surface area contributed by atoms with E-state index in [1.807, 2.05) is 0 Å². The highest BCUT2D eigenvalue weighted by molar-refractivity contribution is 8.93. The van der Waals surface area contributed by atoms with Crippen LogP contribution in [-0.2, 0) is 0 Å². The molecule has 0 radical (unpaired) electrons. The maximum absolute atomic E-state index is 10.6. The number of dihydropyridines is 1. The van der Waals surface area contributed by atoms with Crippen molar-refractivity contribution in [1.82, 2.24) is 5.32 Å². The summed E-state index contributed by atoms with van der Waals surface area (Å²) in [4.78, 5) is 0. The van der Waals surface area contributed by atoms with Crippen molar-refractivity contribution in [3.8, 4) is 0 Å². The van der Waals surface area contributed by atoms with Crippen LogP contribution in [0.3, 0.4) is 0 Å². The second-order valence-corrected chi connectivity index (χ2v) is 6.60. The summed E-state index contributed by atoms with van der Waals surface area (Å²) in [6, 6.07) is 0. The van der Waals surface area contributed by atoms with E-state index < -0.39 is 6.10 Å². The fraction of sp³-hybridized carbons (Fsp3) is 0.444. The number of halogens is 1. The molecule has 0 aromatic rings. The van der Waals surface area contributed by atoms with Crippen LogP contribution in [0.25, 0.3) is 0 Å². The van der Waals surface area contributed by atoms with Crippen LogP contribution >= 0.6 is 17.0 Å². The Morgan fingerprint density at radius 1 is 1.18 bits per heavy atom. The Morgan fingerprint density at radius 2 is 2.00 bits per heavy atom. The molecular formula is C18H22BrNO2. The quantitative estimate of drug-likeness (QED) is 0.616. The average Bonchev–Trinajstić information content (AvgIpc) is 2.62. The first-order chi connectivity index (χ1) is 10.1. The second-order valence-electron chi connectivity index (χ2n) is 6.60. The normalized spacial score (nSPS) is 30.0. The Bertz CT molecular complexity index is 667. The van der Waals surface area contributed by atoms with Crippen molar-refractivity contribution in [3.63, 3.8) is 0 Å². The molecule has 2 unspecified atom stereocenters. The molecule has 3 N–H and O–H groups in total. The standard InChI is InChI=1S/C18H21NO2.BrH/c1-10-7-12-6-5-11-3-2-4-13-9-19-18(21)17(15(11)13)16(12)14(20)8-10;/h2-3,5,10,14,19-21H,4,6-9H2,1H3;1H. The van der Waals surface area contributed by atoms with Gasteiger partial charge in [0.1, 0.15) is 0 Å². The molecule has 3 aliphatic carbocycles. The van der Waals surface area contributed by atoms with Crippen molar-refractivity contribution < 1.29 is 10.2 Å². The Kier molecular flexibility index (Phi) is 4.08. The lowest BCUT2D eigenvalue weighted by Crippen LogP contribution is -2.31. The Morgan fingerprint density at radius 3 is 2.82 bits per heavy atom. The van der Waals surface area contributed by atoms with Gasteiger partial charge in [-0.25, -0.2) is 0 Å². The van der Waals surface area contributed by atoms with Gasteiger partial charge in [-0.15, -0.1) is 17.0 Å². The van der Waals surface area contributed by atoms with E-state index in [4.69, 9.17) is 0 Å². The molecule has 1 heterocycles. The van der Waals surface area contributed by atoms with E-state index >= 15 is 0 Å². The van der Waals surface area contributed by atoms with Crippen molar-refractivity contribution in [2.24, 2.45) is 5.92 Å². The van der Waals surface area contributed by atoms with Gasteiger partial charge in [-0.2, -0.15) is 0 Å². The third kappa shape index (κ3) is 2.29. The molecule has 0 saturated heterocycles. The van der Waals surface area contributed by atoms with Crippen LogP contribution in [0.15, 0.2) is 57.5 Å². The summed E-state index contributed by atoms with van der Waals surface area (Å²) >= 11 is 0. The lowest BCUT2D eigenvalue weighted by Gasteiger charge is -2.33. The SMILES string of the molecule is Br.CC1CC2=C(C3=C(O)NCC4=C3C(=CC2)C=CC4)C(O)C1. The zero-order chi connectivity index (χ0) is 14.6. The summed E-state index contributed by atoms with van der Waals surface area (Å²) in [5.41, 5.74) is 6.80. The van der Waals surface area contributed by atoms with Gasteiger partial charge in [0.25, 0.3) is 0 Å². The lowest BCUT2D eigenvalue weighted by atomic mass is 9.76. The fourth-order valence-electron chi connectivity index (χ4n) is 4.15. The number of aliphatic hydroxyl groups excluding tert-OH is 2. The molecule has 0 spiro atoms. The van der Waals surface area contributed by atoms with Crippen LogP contribution < -0.4 is 5.32 Å². The minimum absolute atomic E-state index is 0. The van der Waals surface area contributed by atoms with Gasteiger partial charge in [0.05, 0.1) is 6.10 Å². The summed E-state index contributed by atoms with van der Waals surface area (Å²) in [6.45, 7) is 2.89. The first kappa shape index (κ1) is 15.6. The number of hydrogen-bond donors (Lipinski definition) is 3. The van der Waals surface area contributed by atoms with Gasteiger partial charge in [0.15, 0.2) is 5.88 Å². The van der Waals surface area contributed by atoms with Crippen LogP contribution in [0.1, 0.15) is 32.6 Å². The molecule has 0 fully saturated rings. The average molecular weight is 364 g/mol. The maximum Gasteiger partial charge on any atom is 0.192 e. The van der Waals surface area contributed by atoms with Crippen molar-refractivity contribution in [2.75, 3.05) is 6.54 Å². The molecular weight excluding hydrogens is 342 g/mol. The molecule has 4 heteroatoms. The molecule has 0 bridgehead atoms. The molecule has 2 atom stereocenters. The number of rotatable bonds is 0. The van der Waals surface area contributed by atoms with Gasteiger partial charge in [0.2, 0.25) is 0 Å². The maximum atomic E-state index is 10.6. The molecule has 22 heavy (non-hydrogen) atoms. The molecule has 118 valence electrons. The third-order valence-corrected chi connectivity index (χ3v) is 5.03. The number of nitrogens with one attached hydrogen (secondary N) is 1. The number of fused-ring (bicyclic) bond motifs is 1. The van der Waals surface area contributed by atoms with E-state index in [1.54, 1.807) is 0 Å². The van der Waals surface area contributed by atoms with E-state index in [0.29, 0.717) is 12.5 Å². The van der Waals surface area contributed by atoms with Gasteiger partial charge < -0.3 is 15.5 Å². The molecule has 0 amide bonds. The van der Waals surface area contributed by atoms with Crippen molar-refractivity contribution >= 4 is 17.0 Å². The minimum atomic E-state index is -0.465. The zero-order valence-corrected chi connectivity index (χ0v) is 14.4. The molecule has 0 aromatic heterocycles. The summed E-state index contributed by atoms with van der Waals surface area (Å²) in [5.74, 6) is 0.735. The third-order valence-electron chi connectivity index (χ3n) is 5.03. The monoisotopic (exact) mass is 363 g/mol. The van der Waals surface area contributed by atoms with E-state index in [0.717, 1.165) is 42.4 Å². The fourth-order valence-corrected chi connectivity index (χ4v) is 4.15. The van der Waals surface area contributed by atoms with Crippen LogP contribution in [0.4, 0.5) is 0 Å². The molecule has 3 nitrogen and oxygen atoms in total. The van der Waals surface area contributed by atoms with Gasteiger partial charge in [-0.3, -0.25) is 0 Å². The van der Waals surface area contributed by atoms with Crippen molar-refractivity contribution in [2.45, 2.75) is 38.7 Å². The highest BCUT2D eigenvalue weighted by Gasteiger charge is 2.36. The summed E-state index contributed by atoms with van der Waals surface area (Å²) in [5, 5.41) is 24.2. The van der Waals surface area contributed by atoms with E-state index in [9.17, 15) is 10.2 Å². The van der Waals surface area contributed by atoms with Crippen LogP contribution in [0.2, 0.25) is 0 Å². The highest BCUT2D eigenvalue weighted by Crippen LogP contribution is 2.46. The Balaban J connectivity index is 0.00000144. The summed E-state index contributed by atoms with van der Waals surface area (Å²) in [7, 11) is 0. The highest BCUT2D eigenvalue weighted by atomic mass is 79.9. The molecule has 0 aromatic carbocycles. The topological polar surface area (TPSA) is 52.5 Å². The zero-order valence-electron chi connectivity index (χ0n) is 12.7. The molecule has 4 aliphatic rings. The lowest BCUT2D eigenvalue weighted by molar-refractivity contribution is 0.168. The van der Waals surface area contributed by atoms with Crippen LogP contribution in [0.5, 0.6) is 0 Å². The molecule has 1 aliphatic heterocycles. The Hall–Kier alpha value is -1.26. The van der Waals surface area contributed by atoms with E-state index in [-0.39, 0.29) is 22.9 Å². The minimum Gasteiger partial charge on any atom is -0.494 e. The second kappa shape index (κ2) is 5.74. The van der Waals surface area contributed by atoms with E-state index in [2.05, 4.69) is 30.5 Å². The summed E-state index contributed by atoms with van der Waals surface area (Å²) < 4.78 is 0. The predicted molar refractivity (Wildman–Crippen MR) is 92.9 cm³/mol. The van der Waals surface area contributed by atoms with Crippen molar-refractivity contribution in [1.29, 1.82) is 0 Å². The first-order valence-corrected chi connectivity index (χ1v) is 7.82. The van der Waals surface area contributed by atoms with Crippen LogP contribution in [-0.4, -0.2) is 22.9 Å². The van der Waals surface area contributed by atoms with Gasteiger partial charge in [0, 0.05) is 12.1 Å². The smallest absolute Gasteiger partial charge is 0.192 e. The van der Waals surface area contributed by atoms with Gasteiger partial charge >= 0.3 is 0 Å². The van der Waals surface area contributed by atoms with Gasteiger partial charge in [-0.05, 0) is 53.9 Å². The number of allylic oxidation sites excluding steroid dienone is 6. The van der Waals surface area contributed by atoms with E-state index in [1.165, 1.54) is 16.7 Å². The number of hydrogen-bond acceptors (Lipinski definition) is 3. The first-order valence-electron chi connectivity index (χ1n) is 7.82. The molecule has 0 saturated carbocycles. The largest absolute Gasteiger partial charge is 0.494 e. The molecule has 4 rings (SSSR count). The van der Waals surface area contributed by atoms with Crippen molar-refractivity contribution in [3.05, 3.63) is 57.5 Å². The number of aliphatic hydroxyl groups is 2. The summed E-state index contributed by atoms with van der Waals surface area (Å²) in [6.07, 6.45) is 9.74.